The number of nitrogens with one attached hydrogen (secondary N) is 1. The third kappa shape index (κ3) is 3.69. The number of rotatable bonds is 4. The number of para-hydroxylation sites is 1. The number of nitrogens with zero attached hydrogens (tertiary/aromatic N) is 3. The zero-order valence-electron chi connectivity index (χ0n) is 15.7. The van der Waals surface area contributed by atoms with Crippen LogP contribution in [0.2, 0.25) is 0 Å². The molecule has 7 nitrogen and oxygen atoms in total. The molecule has 0 radical (unpaired) electrons. The maximum Gasteiger partial charge on any atom is 0.347 e. The Labute approximate surface area is 158 Å². The Morgan fingerprint density at radius 1 is 1.26 bits per heavy atom. The third-order valence-electron chi connectivity index (χ3n) is 5.77. The minimum absolute atomic E-state index is 0.0409. The first-order valence-corrected chi connectivity index (χ1v) is 9.72. The Kier molecular flexibility index (Phi) is 5.11. The normalized spacial score (nSPS) is 20.9. The van der Waals surface area contributed by atoms with Crippen molar-refractivity contribution in [2.24, 2.45) is 11.8 Å². The lowest BCUT2D eigenvalue weighted by Crippen LogP contribution is -2.42. The highest BCUT2D eigenvalue weighted by molar-refractivity contribution is 5.79. The molecule has 0 bridgehead atoms. The minimum atomic E-state index is -0.201. The molecule has 3 heterocycles. The second-order valence-corrected chi connectivity index (χ2v) is 7.60. The summed E-state index contributed by atoms with van der Waals surface area (Å²) < 4.78 is 7.03. The summed E-state index contributed by atoms with van der Waals surface area (Å²) in [6.45, 7) is 4.81. The number of carbonyl (C=O) groups is 1. The van der Waals surface area contributed by atoms with Crippen molar-refractivity contribution < 1.29 is 9.53 Å². The van der Waals surface area contributed by atoms with Crippen molar-refractivity contribution in [3.05, 3.63) is 46.1 Å². The van der Waals surface area contributed by atoms with Crippen LogP contribution >= 0.6 is 0 Å². The van der Waals surface area contributed by atoms with E-state index in [2.05, 4.69) is 10.2 Å². The molecule has 1 unspecified atom stereocenters. The molecule has 2 saturated heterocycles. The van der Waals surface area contributed by atoms with E-state index in [-0.39, 0.29) is 17.5 Å². The van der Waals surface area contributed by atoms with Crippen molar-refractivity contribution in [2.75, 3.05) is 26.3 Å². The molecule has 4 rings (SSSR count). The molecule has 2 aromatic rings. The fraction of sp³-hybridized carbons (Fsp3) is 0.550. The predicted molar refractivity (Wildman–Crippen MR) is 101 cm³/mol. The number of hydrogen-bond donors (Lipinski definition) is 1. The van der Waals surface area contributed by atoms with Crippen molar-refractivity contribution in [2.45, 2.75) is 32.6 Å². The fourth-order valence-electron chi connectivity index (χ4n) is 4.13. The van der Waals surface area contributed by atoms with Gasteiger partial charge in [0.05, 0.1) is 18.2 Å². The molecule has 0 aliphatic carbocycles. The van der Waals surface area contributed by atoms with E-state index in [1.165, 1.54) is 0 Å². The van der Waals surface area contributed by atoms with Gasteiger partial charge in [-0.15, -0.1) is 0 Å². The average molecular weight is 370 g/mol. The van der Waals surface area contributed by atoms with E-state index in [0.717, 1.165) is 55.8 Å². The van der Waals surface area contributed by atoms with Crippen LogP contribution in [0.15, 0.2) is 29.1 Å². The molecule has 2 fully saturated rings. The largest absolute Gasteiger partial charge is 0.381 e. The molecule has 27 heavy (non-hydrogen) atoms. The van der Waals surface area contributed by atoms with Gasteiger partial charge in [-0.2, -0.15) is 5.10 Å². The summed E-state index contributed by atoms with van der Waals surface area (Å²) in [5.41, 5.74) is 1.72. The number of hydrogen-bond acceptors (Lipinski definition) is 4. The first-order valence-electron chi connectivity index (χ1n) is 9.72. The average Bonchev–Trinajstić information content (AvgIpc) is 3.33. The highest BCUT2D eigenvalue weighted by Crippen LogP contribution is 2.25. The maximum absolute atomic E-state index is 12.5. The summed E-state index contributed by atoms with van der Waals surface area (Å²) in [5.74, 6) is 1.47. The summed E-state index contributed by atoms with van der Waals surface area (Å²) >= 11 is 0. The highest BCUT2D eigenvalue weighted by atomic mass is 16.5. The highest BCUT2D eigenvalue weighted by Gasteiger charge is 2.31. The Morgan fingerprint density at radius 3 is 2.74 bits per heavy atom. The van der Waals surface area contributed by atoms with E-state index in [9.17, 15) is 9.59 Å². The molecule has 2 aliphatic heterocycles. The van der Waals surface area contributed by atoms with Crippen LogP contribution in [0.3, 0.4) is 0 Å². The lowest BCUT2D eigenvalue weighted by molar-refractivity contribution is -0.136. The van der Waals surface area contributed by atoms with Crippen LogP contribution in [0, 0.1) is 18.8 Å². The van der Waals surface area contributed by atoms with Crippen LogP contribution in [0.25, 0.3) is 5.69 Å². The number of aromatic nitrogens is 3. The van der Waals surface area contributed by atoms with Gasteiger partial charge in [0.2, 0.25) is 5.91 Å². The minimum Gasteiger partial charge on any atom is -0.381 e. The number of aromatic amines is 1. The van der Waals surface area contributed by atoms with Crippen LogP contribution < -0.4 is 5.69 Å². The zero-order chi connectivity index (χ0) is 18.8. The lowest BCUT2D eigenvalue weighted by atomic mass is 9.92. The number of benzene rings is 1. The lowest BCUT2D eigenvalue weighted by Gasteiger charge is -2.33. The molecule has 1 amide bonds. The molecule has 1 aromatic heterocycles. The molecular formula is C20H26N4O3. The van der Waals surface area contributed by atoms with Gasteiger partial charge in [-0.1, -0.05) is 18.2 Å². The van der Waals surface area contributed by atoms with E-state index in [1.807, 2.05) is 36.1 Å². The van der Waals surface area contributed by atoms with E-state index in [0.29, 0.717) is 19.1 Å². The van der Waals surface area contributed by atoms with Crippen LogP contribution in [0.4, 0.5) is 0 Å². The molecule has 1 atom stereocenters. The van der Waals surface area contributed by atoms with E-state index in [4.69, 9.17) is 4.74 Å². The third-order valence-corrected chi connectivity index (χ3v) is 5.77. The second-order valence-electron chi connectivity index (χ2n) is 7.60. The molecule has 0 spiro atoms. The zero-order valence-corrected chi connectivity index (χ0v) is 15.7. The number of likely N-dealkylation sites (tertiary alicyclic amines) is 1. The number of piperidine rings is 1. The first kappa shape index (κ1) is 18.0. The molecule has 1 N–H and O–H groups in total. The number of amides is 1. The van der Waals surface area contributed by atoms with E-state index >= 15 is 0 Å². The number of ether oxygens (including phenoxy) is 1. The van der Waals surface area contributed by atoms with Gasteiger partial charge in [-0.3, -0.25) is 4.79 Å². The van der Waals surface area contributed by atoms with Gasteiger partial charge in [-0.25, -0.2) is 14.5 Å². The van der Waals surface area contributed by atoms with E-state index in [1.54, 1.807) is 4.57 Å². The summed E-state index contributed by atoms with van der Waals surface area (Å²) in [5, 5.41) is 6.87. The molecule has 144 valence electrons. The van der Waals surface area contributed by atoms with Crippen LogP contribution in [-0.2, 0) is 16.0 Å². The first-order chi connectivity index (χ1) is 13.1. The SMILES string of the molecule is Cc1ccccc1-n1c(CC2CCN(C(=O)C3CCOC3)CC2)n[nH]c1=O. The van der Waals surface area contributed by atoms with Gasteiger partial charge in [0.1, 0.15) is 5.82 Å². The monoisotopic (exact) mass is 370 g/mol. The molecule has 2 aliphatic rings. The van der Waals surface area contributed by atoms with Gasteiger partial charge in [0.15, 0.2) is 0 Å². The second kappa shape index (κ2) is 7.68. The van der Waals surface area contributed by atoms with Gasteiger partial charge in [0.25, 0.3) is 0 Å². The van der Waals surface area contributed by atoms with Crippen LogP contribution in [-0.4, -0.2) is 51.9 Å². The topological polar surface area (TPSA) is 80.2 Å². The molecular weight excluding hydrogens is 344 g/mol. The maximum atomic E-state index is 12.5. The number of aryl methyl sites for hydroxylation is 1. The quantitative estimate of drug-likeness (QED) is 0.888. The summed E-state index contributed by atoms with van der Waals surface area (Å²) in [6, 6.07) is 7.84. The number of carbonyl (C=O) groups excluding carboxylic acids is 1. The predicted octanol–water partition coefficient (Wildman–Crippen LogP) is 1.69. The van der Waals surface area contributed by atoms with Crippen molar-refractivity contribution in [3.63, 3.8) is 0 Å². The van der Waals surface area contributed by atoms with Crippen molar-refractivity contribution in [1.82, 2.24) is 19.7 Å². The van der Waals surface area contributed by atoms with Gasteiger partial charge in [-0.05, 0) is 43.7 Å². The Bertz CT molecular complexity index is 858. The van der Waals surface area contributed by atoms with Crippen LogP contribution in [0.1, 0.15) is 30.7 Å². The van der Waals surface area contributed by atoms with Crippen molar-refractivity contribution in [1.29, 1.82) is 0 Å². The molecule has 0 saturated carbocycles. The van der Waals surface area contributed by atoms with Gasteiger partial charge in [0, 0.05) is 26.1 Å². The smallest absolute Gasteiger partial charge is 0.347 e. The van der Waals surface area contributed by atoms with E-state index < -0.39 is 0 Å². The fourth-order valence-corrected chi connectivity index (χ4v) is 4.13. The Hall–Kier alpha value is -2.41. The standard InChI is InChI=1S/C20H26N4O3/c1-14-4-2-3-5-17(14)24-18(21-22-20(24)26)12-15-6-9-23(10-7-15)19(25)16-8-11-27-13-16/h2-5,15-16H,6-13H2,1H3,(H,22,26). The van der Waals surface area contributed by atoms with Gasteiger partial charge >= 0.3 is 5.69 Å². The molecule has 1 aromatic carbocycles. The van der Waals surface area contributed by atoms with Gasteiger partial charge < -0.3 is 9.64 Å². The summed E-state index contributed by atoms with van der Waals surface area (Å²) in [6.07, 6.45) is 3.46. The Morgan fingerprint density at radius 2 is 2.04 bits per heavy atom. The van der Waals surface area contributed by atoms with Crippen LogP contribution in [0.5, 0.6) is 0 Å². The van der Waals surface area contributed by atoms with Crippen molar-refractivity contribution in [3.8, 4) is 5.69 Å². The Balaban J connectivity index is 1.42. The molecule has 7 heteroatoms. The van der Waals surface area contributed by atoms with Crippen molar-refractivity contribution >= 4 is 5.91 Å². The summed E-state index contributed by atoms with van der Waals surface area (Å²) in [7, 11) is 0. The number of H-pyrrole nitrogens is 1. The summed E-state index contributed by atoms with van der Waals surface area (Å²) in [4.78, 5) is 26.8.